The fraction of sp³-hybridized carbons (Fsp3) is 0.375. The summed E-state index contributed by atoms with van der Waals surface area (Å²) < 4.78 is 5.39. The minimum Gasteiger partial charge on any atom is -0.442 e. The van der Waals surface area contributed by atoms with Crippen LogP contribution in [0, 0.1) is 11.3 Å². The highest BCUT2D eigenvalue weighted by Crippen LogP contribution is 2.47. The van der Waals surface area contributed by atoms with Crippen molar-refractivity contribution < 1.29 is 9.53 Å². The van der Waals surface area contributed by atoms with Gasteiger partial charge in [-0.2, -0.15) is 5.26 Å². The second-order valence-corrected chi connectivity index (χ2v) is 6.82. The van der Waals surface area contributed by atoms with Crippen molar-refractivity contribution in [2.45, 2.75) is 24.4 Å². The number of carbonyl (C=O) groups is 1. The van der Waals surface area contributed by atoms with E-state index in [1.807, 2.05) is 24.3 Å². The summed E-state index contributed by atoms with van der Waals surface area (Å²) in [6.07, 6.45) is 1.23. The largest absolute Gasteiger partial charge is 0.442 e. The number of hydrogen-bond acceptors (Lipinski definition) is 7. The highest BCUT2D eigenvalue weighted by Gasteiger charge is 2.44. The molecule has 2 heterocycles. The van der Waals surface area contributed by atoms with Gasteiger partial charge in [0.15, 0.2) is 0 Å². The summed E-state index contributed by atoms with van der Waals surface area (Å²) in [7, 11) is 0. The zero-order valence-corrected chi connectivity index (χ0v) is 13.6. The van der Waals surface area contributed by atoms with E-state index in [2.05, 4.69) is 21.6 Å². The Hall–Kier alpha value is -2.66. The minimum absolute atomic E-state index is 0.241. The van der Waals surface area contributed by atoms with Crippen LogP contribution in [0.15, 0.2) is 29.8 Å². The molecule has 0 bridgehead atoms. The molecule has 24 heavy (non-hydrogen) atoms. The summed E-state index contributed by atoms with van der Waals surface area (Å²) >= 11 is 1.40. The second-order valence-electron chi connectivity index (χ2n) is 5.98. The molecule has 1 atom stereocenters. The zero-order chi connectivity index (χ0) is 16.6. The van der Waals surface area contributed by atoms with Crippen molar-refractivity contribution >= 4 is 28.2 Å². The number of benzene rings is 1. The van der Waals surface area contributed by atoms with Crippen molar-refractivity contribution in [2.75, 3.05) is 23.3 Å². The van der Waals surface area contributed by atoms with E-state index in [0.717, 1.165) is 24.1 Å². The maximum Gasteiger partial charge on any atom is 0.414 e. The smallest absolute Gasteiger partial charge is 0.414 e. The first-order valence-electron chi connectivity index (χ1n) is 7.70. The molecular weight excluding hydrogens is 326 g/mol. The maximum atomic E-state index is 12.1. The van der Waals surface area contributed by atoms with E-state index in [0.29, 0.717) is 18.2 Å². The molecule has 7 nitrogen and oxygen atoms in total. The molecule has 1 saturated heterocycles. The van der Waals surface area contributed by atoms with Gasteiger partial charge in [-0.3, -0.25) is 4.90 Å². The van der Waals surface area contributed by atoms with Crippen LogP contribution < -0.4 is 10.2 Å². The van der Waals surface area contributed by atoms with Crippen LogP contribution in [0.3, 0.4) is 0 Å². The minimum atomic E-state index is -0.353. The van der Waals surface area contributed by atoms with Gasteiger partial charge in [0.05, 0.1) is 24.6 Å². The van der Waals surface area contributed by atoms with E-state index in [4.69, 9.17) is 4.74 Å². The molecule has 1 amide bonds. The lowest BCUT2D eigenvalue weighted by atomic mass is 9.97. The van der Waals surface area contributed by atoms with Crippen LogP contribution >= 0.6 is 11.3 Å². The van der Waals surface area contributed by atoms with Crippen molar-refractivity contribution in [3.8, 4) is 6.07 Å². The lowest BCUT2D eigenvalue weighted by molar-refractivity contribution is 0.147. The van der Waals surface area contributed by atoms with Gasteiger partial charge in [-0.1, -0.05) is 23.5 Å². The van der Waals surface area contributed by atoms with Crippen molar-refractivity contribution in [1.29, 1.82) is 5.26 Å². The Balaban J connectivity index is 1.41. The number of anilines is 2. The van der Waals surface area contributed by atoms with Gasteiger partial charge in [0.1, 0.15) is 11.6 Å². The Kier molecular flexibility index (Phi) is 3.58. The van der Waals surface area contributed by atoms with E-state index in [1.54, 1.807) is 10.4 Å². The van der Waals surface area contributed by atoms with Crippen LogP contribution in [-0.4, -0.2) is 35.5 Å². The average Bonchev–Trinajstić information content (AvgIpc) is 3.06. The first-order valence-corrected chi connectivity index (χ1v) is 8.58. The highest BCUT2D eigenvalue weighted by molar-refractivity contribution is 7.13. The number of rotatable bonds is 5. The Bertz CT molecular complexity index is 780. The van der Waals surface area contributed by atoms with Gasteiger partial charge in [0.25, 0.3) is 0 Å². The maximum absolute atomic E-state index is 12.1. The zero-order valence-electron chi connectivity index (χ0n) is 12.8. The fourth-order valence-corrected chi connectivity index (χ4v) is 3.30. The van der Waals surface area contributed by atoms with Crippen molar-refractivity contribution in [2.24, 2.45) is 0 Å². The molecule has 1 saturated carbocycles. The quantitative estimate of drug-likeness (QED) is 0.898. The lowest BCUT2D eigenvalue weighted by Crippen LogP contribution is -2.27. The molecule has 2 aromatic rings. The SMILES string of the molecule is N#CC1(c2ccc(N3CC(CNc4nncs4)OC3=O)cc2)CC1. The van der Waals surface area contributed by atoms with Gasteiger partial charge in [-0.25, -0.2) is 4.79 Å². The third-order valence-corrected chi connectivity index (χ3v) is 5.06. The second kappa shape index (κ2) is 5.76. The third kappa shape index (κ3) is 2.67. The molecule has 1 aromatic carbocycles. The van der Waals surface area contributed by atoms with E-state index in [1.165, 1.54) is 11.3 Å². The Morgan fingerprint density at radius 3 is 2.83 bits per heavy atom. The fourth-order valence-electron chi connectivity index (χ4n) is 2.84. The molecule has 1 aliphatic heterocycles. The molecule has 122 valence electrons. The van der Waals surface area contributed by atoms with Crippen molar-refractivity contribution in [3.05, 3.63) is 35.3 Å². The van der Waals surface area contributed by atoms with Gasteiger partial charge in [-0.05, 0) is 30.5 Å². The summed E-state index contributed by atoms with van der Waals surface area (Å²) in [6.45, 7) is 0.973. The van der Waals surface area contributed by atoms with Gasteiger partial charge in [0, 0.05) is 5.69 Å². The summed E-state index contributed by atoms with van der Waals surface area (Å²) in [5.74, 6) is 0. The third-order valence-electron chi connectivity index (χ3n) is 4.41. The summed E-state index contributed by atoms with van der Waals surface area (Å²) in [5, 5.41) is 20.7. The van der Waals surface area contributed by atoms with Crippen LogP contribution in [0.4, 0.5) is 15.6 Å². The predicted octanol–water partition coefficient (Wildman–Crippen LogP) is 2.53. The number of ether oxygens (including phenoxy) is 1. The number of hydrogen-bond donors (Lipinski definition) is 1. The van der Waals surface area contributed by atoms with Gasteiger partial charge < -0.3 is 10.1 Å². The number of cyclic esters (lactones) is 1. The topological polar surface area (TPSA) is 91.1 Å². The average molecular weight is 341 g/mol. The molecular formula is C16H15N5O2S. The number of aromatic nitrogens is 2. The van der Waals surface area contributed by atoms with Crippen molar-refractivity contribution in [3.63, 3.8) is 0 Å². The summed E-state index contributed by atoms with van der Waals surface area (Å²) in [4.78, 5) is 13.7. The highest BCUT2D eigenvalue weighted by atomic mass is 32.1. The van der Waals surface area contributed by atoms with E-state index >= 15 is 0 Å². The Morgan fingerprint density at radius 2 is 2.21 bits per heavy atom. The van der Waals surface area contributed by atoms with E-state index in [9.17, 15) is 10.1 Å². The monoisotopic (exact) mass is 341 g/mol. The molecule has 1 unspecified atom stereocenters. The first kappa shape index (κ1) is 14.9. The van der Waals surface area contributed by atoms with Gasteiger partial charge in [-0.15, -0.1) is 10.2 Å². The van der Waals surface area contributed by atoms with E-state index in [-0.39, 0.29) is 17.6 Å². The Morgan fingerprint density at radius 1 is 1.42 bits per heavy atom. The number of nitrogens with zero attached hydrogens (tertiary/aromatic N) is 4. The summed E-state index contributed by atoms with van der Waals surface area (Å²) in [5.41, 5.74) is 3.15. The first-order chi connectivity index (χ1) is 11.7. The number of nitriles is 1. The number of nitrogens with one attached hydrogen (secondary N) is 1. The van der Waals surface area contributed by atoms with Crippen LogP contribution in [0.25, 0.3) is 0 Å². The normalized spacial score (nSPS) is 21.2. The van der Waals surface area contributed by atoms with E-state index < -0.39 is 0 Å². The molecule has 0 radical (unpaired) electrons. The van der Waals surface area contributed by atoms with Crippen LogP contribution in [0.5, 0.6) is 0 Å². The van der Waals surface area contributed by atoms with Crippen LogP contribution in [0.2, 0.25) is 0 Å². The predicted molar refractivity (Wildman–Crippen MR) is 89.0 cm³/mol. The summed E-state index contributed by atoms with van der Waals surface area (Å²) in [6, 6.07) is 10.0. The lowest BCUT2D eigenvalue weighted by Gasteiger charge is -2.14. The van der Waals surface area contributed by atoms with Gasteiger partial charge in [0.2, 0.25) is 5.13 Å². The standard InChI is InChI=1S/C16H15N5O2S/c17-9-16(5-6-16)11-1-3-12(4-2-11)21-8-13(23-15(21)22)7-18-14-20-19-10-24-14/h1-4,10,13H,5-8H2,(H,18,20). The molecule has 1 N–H and O–H groups in total. The molecule has 4 rings (SSSR count). The van der Waals surface area contributed by atoms with Gasteiger partial charge >= 0.3 is 6.09 Å². The number of carbonyl (C=O) groups excluding carboxylic acids is 1. The van der Waals surface area contributed by atoms with Crippen LogP contribution in [0.1, 0.15) is 18.4 Å². The molecule has 0 spiro atoms. The Labute approximate surface area is 142 Å². The number of amides is 1. The molecule has 2 aliphatic rings. The van der Waals surface area contributed by atoms with Crippen LogP contribution in [-0.2, 0) is 10.2 Å². The molecule has 2 fully saturated rings. The molecule has 1 aromatic heterocycles. The van der Waals surface area contributed by atoms with Crippen molar-refractivity contribution in [1.82, 2.24) is 10.2 Å². The molecule has 8 heteroatoms. The molecule has 1 aliphatic carbocycles.